The van der Waals surface area contributed by atoms with Crippen LogP contribution in [0.4, 0.5) is 4.79 Å². The van der Waals surface area contributed by atoms with Gasteiger partial charge in [-0.05, 0) is 51.5 Å². The molecule has 10 nitrogen and oxygen atoms in total. The molecule has 1 aromatic carbocycles. The van der Waals surface area contributed by atoms with Crippen molar-refractivity contribution in [2.45, 2.75) is 110 Å². The number of nitrogens with one attached hydrogen (secondary N) is 4. The first kappa shape index (κ1) is 31.8. The Morgan fingerprint density at radius 2 is 1.51 bits per heavy atom. The molecule has 4 N–H and O–H groups in total. The highest BCUT2D eigenvalue weighted by atomic mass is 16.6. The van der Waals surface area contributed by atoms with Crippen molar-refractivity contribution in [3.8, 4) is 0 Å². The van der Waals surface area contributed by atoms with Gasteiger partial charge in [-0.15, -0.1) is 0 Å². The fourth-order valence-corrected chi connectivity index (χ4v) is 4.72. The lowest BCUT2D eigenvalue weighted by Gasteiger charge is -2.33. The lowest BCUT2D eigenvalue weighted by atomic mass is 9.93. The number of amides is 4. The molecule has 39 heavy (non-hydrogen) atoms. The molecule has 0 saturated heterocycles. The van der Waals surface area contributed by atoms with E-state index >= 15 is 0 Å². The zero-order valence-electron chi connectivity index (χ0n) is 24.0. The second-order valence-electron chi connectivity index (χ2n) is 10.9. The topological polar surface area (TPSA) is 143 Å². The molecular formula is C29H44N4O6. The summed E-state index contributed by atoms with van der Waals surface area (Å²) in [6, 6.07) is 6.95. The van der Waals surface area contributed by atoms with Gasteiger partial charge in [0, 0.05) is 0 Å². The van der Waals surface area contributed by atoms with Gasteiger partial charge in [-0.3, -0.25) is 19.2 Å². The summed E-state index contributed by atoms with van der Waals surface area (Å²) in [5.74, 6) is -2.78. The number of benzene rings is 1. The van der Waals surface area contributed by atoms with Gasteiger partial charge < -0.3 is 26.0 Å². The van der Waals surface area contributed by atoms with Gasteiger partial charge in [0.2, 0.25) is 17.6 Å². The zero-order chi connectivity index (χ0) is 29.2. The summed E-state index contributed by atoms with van der Waals surface area (Å²) in [7, 11) is 0. The van der Waals surface area contributed by atoms with Crippen LogP contribution in [0.25, 0.3) is 0 Å². The maximum atomic E-state index is 13.6. The number of carbonyl (C=O) groups excluding carboxylic acids is 5. The molecule has 216 valence electrons. The molecule has 0 aromatic heterocycles. The van der Waals surface area contributed by atoms with Gasteiger partial charge >= 0.3 is 6.09 Å². The van der Waals surface area contributed by atoms with E-state index in [1.54, 1.807) is 34.6 Å². The Bertz CT molecular complexity index is 1000. The average molecular weight is 545 g/mol. The number of hydrogen-bond donors (Lipinski definition) is 4. The molecule has 4 amide bonds. The van der Waals surface area contributed by atoms with Crippen molar-refractivity contribution in [3.05, 3.63) is 35.9 Å². The minimum Gasteiger partial charge on any atom is -0.447 e. The Hall–Kier alpha value is -3.43. The van der Waals surface area contributed by atoms with Crippen LogP contribution in [0.5, 0.6) is 0 Å². The van der Waals surface area contributed by atoms with Crippen LogP contribution in [0.2, 0.25) is 0 Å². The summed E-state index contributed by atoms with van der Waals surface area (Å²) in [6.45, 7) is 10.6. The number of alkyl carbamates (subject to hydrolysis) is 1. The molecule has 3 atom stereocenters. The Kier molecular flexibility index (Phi) is 11.9. The number of carbonyl (C=O) groups is 5. The first-order chi connectivity index (χ1) is 18.4. The van der Waals surface area contributed by atoms with Gasteiger partial charge in [-0.1, -0.05) is 70.4 Å². The highest BCUT2D eigenvalue weighted by molar-refractivity contribution is 6.38. The first-order valence-corrected chi connectivity index (χ1v) is 13.9. The number of ketones is 1. The highest BCUT2D eigenvalue weighted by Crippen LogP contribution is 2.30. The van der Waals surface area contributed by atoms with E-state index in [2.05, 4.69) is 21.3 Å². The van der Waals surface area contributed by atoms with Gasteiger partial charge in [-0.25, -0.2) is 4.79 Å². The van der Waals surface area contributed by atoms with Crippen molar-refractivity contribution in [2.75, 3.05) is 0 Å². The zero-order valence-corrected chi connectivity index (χ0v) is 24.0. The minimum absolute atomic E-state index is 0.268. The average Bonchev–Trinajstić information content (AvgIpc) is 3.36. The fraction of sp³-hybridized carbons (Fsp3) is 0.621. The van der Waals surface area contributed by atoms with Crippen molar-refractivity contribution in [1.82, 2.24) is 21.3 Å². The van der Waals surface area contributed by atoms with E-state index in [4.69, 9.17) is 4.74 Å². The second kappa shape index (κ2) is 14.6. The van der Waals surface area contributed by atoms with Crippen LogP contribution < -0.4 is 21.3 Å². The molecule has 2 rings (SSSR count). The molecule has 0 bridgehead atoms. The Morgan fingerprint density at radius 1 is 0.897 bits per heavy atom. The summed E-state index contributed by atoms with van der Waals surface area (Å²) in [5, 5.41) is 10.9. The standard InChI is InChI=1S/C29H44N4O6/c1-7-13-22(24(34)26(36)30-20(6)21-14-9-8-10-15-21)31-27(37)29(16-11-12-17-29)33-25(35)23(18(2)3)32-28(38)39-19(4)5/h8-10,14-15,18-20,22-23H,7,11-13,16-17H2,1-6H3,(H,30,36)(H,31,37)(H,32,38)(H,33,35)/t20-,22-,23-/m0/s1. The number of Topliss-reactive ketones (excluding diaryl/α,β-unsaturated/α-hetero) is 1. The molecule has 1 aliphatic rings. The van der Waals surface area contributed by atoms with Crippen molar-refractivity contribution in [1.29, 1.82) is 0 Å². The molecule has 0 spiro atoms. The normalized spacial score (nSPS) is 16.6. The first-order valence-electron chi connectivity index (χ1n) is 13.9. The molecule has 10 heteroatoms. The van der Waals surface area contributed by atoms with Crippen LogP contribution in [0.15, 0.2) is 30.3 Å². The predicted octanol–water partition coefficient (Wildman–Crippen LogP) is 3.31. The lowest BCUT2D eigenvalue weighted by molar-refractivity contribution is -0.142. The quantitative estimate of drug-likeness (QED) is 0.281. The second-order valence-corrected chi connectivity index (χ2v) is 10.9. The highest BCUT2D eigenvalue weighted by Gasteiger charge is 2.45. The van der Waals surface area contributed by atoms with E-state index < -0.39 is 47.2 Å². The van der Waals surface area contributed by atoms with Gasteiger partial charge in [0.25, 0.3) is 5.91 Å². The van der Waals surface area contributed by atoms with Gasteiger partial charge in [0.05, 0.1) is 18.2 Å². The maximum absolute atomic E-state index is 13.6. The third-order valence-electron chi connectivity index (χ3n) is 6.89. The summed E-state index contributed by atoms with van der Waals surface area (Å²) < 4.78 is 5.12. The van der Waals surface area contributed by atoms with E-state index in [9.17, 15) is 24.0 Å². The predicted molar refractivity (Wildman–Crippen MR) is 148 cm³/mol. The monoisotopic (exact) mass is 544 g/mol. The van der Waals surface area contributed by atoms with Crippen LogP contribution >= 0.6 is 0 Å². The summed E-state index contributed by atoms with van der Waals surface area (Å²) in [6.07, 6.45) is 1.97. The summed E-state index contributed by atoms with van der Waals surface area (Å²) in [5.41, 5.74) is -0.388. The SMILES string of the molecule is CCC[C@H](NC(=O)C1(NC(=O)[C@@H](NC(=O)OC(C)C)C(C)C)CCCC1)C(=O)C(=O)N[C@@H](C)c1ccccc1. The number of ether oxygens (including phenoxy) is 1. The fourth-order valence-electron chi connectivity index (χ4n) is 4.72. The molecule has 1 fully saturated rings. The van der Waals surface area contributed by atoms with E-state index in [0.717, 1.165) is 5.56 Å². The molecule has 0 heterocycles. The maximum Gasteiger partial charge on any atom is 0.408 e. The van der Waals surface area contributed by atoms with Crippen molar-refractivity contribution >= 4 is 29.6 Å². The van der Waals surface area contributed by atoms with Crippen LogP contribution in [-0.2, 0) is 23.9 Å². The van der Waals surface area contributed by atoms with Crippen molar-refractivity contribution < 1.29 is 28.7 Å². The molecule has 1 aromatic rings. The van der Waals surface area contributed by atoms with Crippen LogP contribution in [-0.4, -0.2) is 53.3 Å². The molecule has 1 saturated carbocycles. The van der Waals surface area contributed by atoms with Crippen LogP contribution in [0.3, 0.4) is 0 Å². The van der Waals surface area contributed by atoms with E-state index in [1.165, 1.54) is 0 Å². The van der Waals surface area contributed by atoms with Gasteiger partial charge in [-0.2, -0.15) is 0 Å². The van der Waals surface area contributed by atoms with Gasteiger partial charge in [0.15, 0.2) is 0 Å². The summed E-state index contributed by atoms with van der Waals surface area (Å²) >= 11 is 0. The largest absolute Gasteiger partial charge is 0.447 e. The minimum atomic E-state index is -1.24. The van der Waals surface area contributed by atoms with E-state index in [1.807, 2.05) is 37.3 Å². The van der Waals surface area contributed by atoms with Crippen molar-refractivity contribution in [3.63, 3.8) is 0 Å². The molecule has 1 aliphatic carbocycles. The Balaban J connectivity index is 2.14. The number of hydrogen-bond acceptors (Lipinski definition) is 6. The lowest BCUT2D eigenvalue weighted by Crippen LogP contribution is -2.63. The molecule has 0 radical (unpaired) electrons. The van der Waals surface area contributed by atoms with Crippen LogP contribution in [0.1, 0.15) is 91.7 Å². The number of rotatable bonds is 13. The third kappa shape index (κ3) is 9.07. The van der Waals surface area contributed by atoms with E-state index in [0.29, 0.717) is 32.1 Å². The van der Waals surface area contributed by atoms with E-state index in [-0.39, 0.29) is 24.5 Å². The molecular weight excluding hydrogens is 500 g/mol. The molecule has 0 unspecified atom stereocenters. The van der Waals surface area contributed by atoms with Crippen LogP contribution in [0, 0.1) is 5.92 Å². The Morgan fingerprint density at radius 3 is 2.05 bits per heavy atom. The molecule has 0 aliphatic heterocycles. The third-order valence-corrected chi connectivity index (χ3v) is 6.89. The smallest absolute Gasteiger partial charge is 0.408 e. The van der Waals surface area contributed by atoms with Gasteiger partial charge in [0.1, 0.15) is 11.6 Å². The van der Waals surface area contributed by atoms with Crippen molar-refractivity contribution in [2.24, 2.45) is 5.92 Å². The Labute approximate surface area is 231 Å². The summed E-state index contributed by atoms with van der Waals surface area (Å²) in [4.78, 5) is 65.0.